The molecule has 7 heteroatoms. The maximum atomic E-state index is 13.1. The number of hydrogen-bond donors (Lipinski definition) is 1. The molecule has 1 atom stereocenters. The number of aromatic nitrogens is 1. The molecule has 1 N–H and O–H groups in total. The van der Waals surface area contributed by atoms with Crippen LogP contribution >= 0.6 is 15.9 Å². The molecule has 0 bridgehead atoms. The second-order valence-corrected chi connectivity index (χ2v) is 9.30. The number of Topliss-reactive ketones (excluding diaryl/α,β-unsaturated/α-hetero) is 1. The SMILES string of the molecule is CC(C)(C)c1cc(N2C(=O)C(=O)/C(=C(/O)c3ccc(Br)cc3)[C@H]2c2ccccc2)no1. The molecule has 0 saturated carbocycles. The standard InChI is InChI=1S/C24H21BrN2O4/c1-24(2,3)17-13-18(26-31-17)27-20(14-7-5-4-6-8-14)19(22(29)23(27)30)21(28)15-9-11-16(25)12-10-15/h4-13,20,28H,1-3H3/b21-19+/t20-/m1/s1. The zero-order chi connectivity index (χ0) is 22.3. The average Bonchev–Trinajstić information content (AvgIpc) is 3.32. The highest BCUT2D eigenvalue weighted by molar-refractivity contribution is 9.10. The largest absolute Gasteiger partial charge is 0.507 e. The number of amides is 1. The fourth-order valence-electron chi connectivity index (χ4n) is 3.52. The van der Waals surface area contributed by atoms with Gasteiger partial charge < -0.3 is 9.63 Å². The van der Waals surface area contributed by atoms with Crippen molar-refractivity contribution in [2.24, 2.45) is 0 Å². The van der Waals surface area contributed by atoms with E-state index in [4.69, 9.17) is 4.52 Å². The van der Waals surface area contributed by atoms with Crippen LogP contribution in [0.2, 0.25) is 0 Å². The lowest BCUT2D eigenvalue weighted by atomic mass is 9.93. The third-order valence-electron chi connectivity index (χ3n) is 5.16. The molecule has 0 unspecified atom stereocenters. The quantitative estimate of drug-likeness (QED) is 0.309. The van der Waals surface area contributed by atoms with Crippen LogP contribution in [0.5, 0.6) is 0 Å². The molecule has 1 aliphatic heterocycles. The molecule has 1 saturated heterocycles. The Balaban J connectivity index is 1.91. The first-order chi connectivity index (χ1) is 14.7. The predicted molar refractivity (Wildman–Crippen MR) is 121 cm³/mol. The molecular formula is C24H21BrN2O4. The highest BCUT2D eigenvalue weighted by Gasteiger charge is 2.48. The molecule has 2 aromatic carbocycles. The summed E-state index contributed by atoms with van der Waals surface area (Å²) in [7, 11) is 0. The third-order valence-corrected chi connectivity index (χ3v) is 5.69. The summed E-state index contributed by atoms with van der Waals surface area (Å²) < 4.78 is 6.30. The highest BCUT2D eigenvalue weighted by atomic mass is 79.9. The van der Waals surface area contributed by atoms with Crippen LogP contribution in [0, 0.1) is 0 Å². The van der Waals surface area contributed by atoms with Gasteiger partial charge in [-0.05, 0) is 17.7 Å². The van der Waals surface area contributed by atoms with E-state index in [2.05, 4.69) is 21.1 Å². The molecule has 1 fully saturated rings. The van der Waals surface area contributed by atoms with E-state index in [1.807, 2.05) is 51.1 Å². The van der Waals surface area contributed by atoms with Gasteiger partial charge in [-0.25, -0.2) is 0 Å². The summed E-state index contributed by atoms with van der Waals surface area (Å²) in [6.07, 6.45) is 0. The smallest absolute Gasteiger partial charge is 0.301 e. The Hall–Kier alpha value is -3.19. The maximum absolute atomic E-state index is 13.1. The van der Waals surface area contributed by atoms with Gasteiger partial charge in [0.05, 0.1) is 11.6 Å². The van der Waals surface area contributed by atoms with E-state index in [0.29, 0.717) is 16.9 Å². The summed E-state index contributed by atoms with van der Waals surface area (Å²) in [6.45, 7) is 5.90. The number of rotatable bonds is 3. The Morgan fingerprint density at radius 2 is 1.71 bits per heavy atom. The lowest BCUT2D eigenvalue weighted by Gasteiger charge is -2.22. The topological polar surface area (TPSA) is 83.6 Å². The van der Waals surface area contributed by atoms with E-state index in [9.17, 15) is 14.7 Å². The van der Waals surface area contributed by atoms with Gasteiger partial charge in [0.25, 0.3) is 5.78 Å². The average molecular weight is 481 g/mol. The van der Waals surface area contributed by atoms with Crippen molar-refractivity contribution in [1.29, 1.82) is 0 Å². The molecule has 158 valence electrons. The maximum Gasteiger partial charge on any atom is 0.301 e. The molecule has 0 spiro atoms. The van der Waals surface area contributed by atoms with Gasteiger partial charge in [0.15, 0.2) is 5.82 Å². The van der Waals surface area contributed by atoms with Gasteiger partial charge in [-0.1, -0.05) is 84.3 Å². The first-order valence-corrected chi connectivity index (χ1v) is 10.6. The zero-order valence-electron chi connectivity index (χ0n) is 17.3. The fraction of sp³-hybridized carbons (Fsp3) is 0.208. The number of carbonyl (C=O) groups is 2. The Bertz CT molecular complexity index is 1170. The van der Waals surface area contributed by atoms with Crippen LogP contribution in [0.4, 0.5) is 5.82 Å². The molecule has 1 aromatic heterocycles. The normalized spacial score (nSPS) is 18.6. The summed E-state index contributed by atoms with van der Waals surface area (Å²) >= 11 is 3.36. The van der Waals surface area contributed by atoms with Crippen LogP contribution < -0.4 is 4.90 Å². The first kappa shape index (κ1) is 21.1. The summed E-state index contributed by atoms with van der Waals surface area (Å²) in [5, 5.41) is 15.1. The number of benzene rings is 2. The van der Waals surface area contributed by atoms with Crippen LogP contribution in [0.15, 0.2) is 75.2 Å². The van der Waals surface area contributed by atoms with Crippen LogP contribution in [-0.4, -0.2) is 22.0 Å². The Kier molecular flexibility index (Phi) is 5.31. The number of anilines is 1. The molecule has 2 heterocycles. The Labute approximate surface area is 188 Å². The van der Waals surface area contributed by atoms with E-state index >= 15 is 0 Å². The van der Waals surface area contributed by atoms with Gasteiger partial charge in [-0.15, -0.1) is 0 Å². The number of aliphatic hydroxyl groups is 1. The Morgan fingerprint density at radius 3 is 2.29 bits per heavy atom. The van der Waals surface area contributed by atoms with Crippen molar-refractivity contribution in [3.05, 3.63) is 87.6 Å². The van der Waals surface area contributed by atoms with Crippen molar-refractivity contribution >= 4 is 39.2 Å². The molecule has 1 amide bonds. The predicted octanol–water partition coefficient (Wildman–Crippen LogP) is 5.36. The zero-order valence-corrected chi connectivity index (χ0v) is 18.9. The van der Waals surface area contributed by atoms with E-state index in [-0.39, 0.29) is 22.6 Å². The monoisotopic (exact) mass is 480 g/mol. The summed E-state index contributed by atoms with van der Waals surface area (Å²) in [5.74, 6) is -0.947. The summed E-state index contributed by atoms with van der Waals surface area (Å²) in [5.41, 5.74) is 0.815. The van der Waals surface area contributed by atoms with Crippen LogP contribution in [0.1, 0.15) is 43.7 Å². The number of carbonyl (C=O) groups excluding carboxylic acids is 2. The number of aliphatic hydroxyl groups excluding tert-OH is 1. The second kappa shape index (κ2) is 7.81. The van der Waals surface area contributed by atoms with Crippen molar-refractivity contribution in [3.63, 3.8) is 0 Å². The van der Waals surface area contributed by atoms with Crippen molar-refractivity contribution in [2.75, 3.05) is 4.90 Å². The second-order valence-electron chi connectivity index (χ2n) is 8.39. The number of ketones is 1. The van der Waals surface area contributed by atoms with E-state index in [0.717, 1.165) is 4.47 Å². The minimum Gasteiger partial charge on any atom is -0.507 e. The number of halogens is 1. The molecule has 3 aromatic rings. The minimum atomic E-state index is -0.831. The minimum absolute atomic E-state index is 0.0128. The van der Waals surface area contributed by atoms with Crippen LogP contribution in [-0.2, 0) is 15.0 Å². The molecule has 0 aliphatic carbocycles. The molecule has 1 aliphatic rings. The van der Waals surface area contributed by atoms with Crippen LogP contribution in [0.3, 0.4) is 0 Å². The van der Waals surface area contributed by atoms with E-state index in [1.165, 1.54) is 4.90 Å². The highest BCUT2D eigenvalue weighted by Crippen LogP contribution is 2.42. The number of hydrogen-bond acceptors (Lipinski definition) is 5. The van der Waals surface area contributed by atoms with E-state index < -0.39 is 17.7 Å². The van der Waals surface area contributed by atoms with Gasteiger partial charge in [-0.2, -0.15) is 0 Å². The fourth-order valence-corrected chi connectivity index (χ4v) is 3.78. The van der Waals surface area contributed by atoms with Crippen LogP contribution in [0.25, 0.3) is 5.76 Å². The molecule has 4 rings (SSSR count). The molecule has 31 heavy (non-hydrogen) atoms. The lowest BCUT2D eigenvalue weighted by Crippen LogP contribution is -2.29. The summed E-state index contributed by atoms with van der Waals surface area (Å²) in [4.78, 5) is 27.5. The van der Waals surface area contributed by atoms with Gasteiger partial charge in [-0.3, -0.25) is 14.5 Å². The van der Waals surface area contributed by atoms with Crippen molar-refractivity contribution in [1.82, 2.24) is 5.16 Å². The van der Waals surface area contributed by atoms with Crippen molar-refractivity contribution < 1.29 is 19.2 Å². The number of nitrogens with zero attached hydrogens (tertiary/aromatic N) is 2. The van der Waals surface area contributed by atoms with Gasteiger partial charge in [0.1, 0.15) is 11.5 Å². The van der Waals surface area contributed by atoms with Crippen molar-refractivity contribution in [2.45, 2.75) is 32.2 Å². The van der Waals surface area contributed by atoms with Gasteiger partial charge >= 0.3 is 5.91 Å². The lowest BCUT2D eigenvalue weighted by molar-refractivity contribution is -0.132. The Morgan fingerprint density at radius 1 is 1.06 bits per heavy atom. The van der Waals surface area contributed by atoms with Gasteiger partial charge in [0.2, 0.25) is 0 Å². The van der Waals surface area contributed by atoms with Gasteiger partial charge in [0, 0.05) is 21.5 Å². The van der Waals surface area contributed by atoms with Crippen molar-refractivity contribution in [3.8, 4) is 0 Å². The summed E-state index contributed by atoms with van der Waals surface area (Å²) in [6, 6.07) is 16.8. The molecule has 0 radical (unpaired) electrons. The molecular weight excluding hydrogens is 460 g/mol. The van der Waals surface area contributed by atoms with E-state index in [1.54, 1.807) is 30.3 Å². The molecule has 6 nitrogen and oxygen atoms in total. The third kappa shape index (κ3) is 3.81. The first-order valence-electron chi connectivity index (χ1n) is 9.77.